The van der Waals surface area contributed by atoms with Gasteiger partial charge in [0.2, 0.25) is 0 Å². The van der Waals surface area contributed by atoms with Crippen molar-refractivity contribution in [2.45, 2.75) is 20.8 Å². The minimum absolute atomic E-state index is 0.571. The van der Waals surface area contributed by atoms with E-state index in [1.54, 1.807) is 0 Å². The lowest BCUT2D eigenvalue weighted by molar-refractivity contribution is 0.237. The maximum absolute atomic E-state index is 11.8. The van der Waals surface area contributed by atoms with Crippen LogP contribution in [0.3, 0.4) is 0 Å². The molecule has 0 amide bonds. The van der Waals surface area contributed by atoms with Crippen LogP contribution in [0.5, 0.6) is 0 Å². The number of hydrogen-bond acceptors (Lipinski definition) is 3. The second kappa shape index (κ2) is 6.48. The Bertz CT molecular complexity index is 170. The van der Waals surface area contributed by atoms with Gasteiger partial charge in [0.05, 0.1) is 0 Å². The maximum Gasteiger partial charge on any atom is 0.305 e. The largest absolute Gasteiger partial charge is 0.305 e. The highest BCUT2D eigenvalue weighted by Crippen LogP contribution is 2.31. The molecule has 0 aliphatic carbocycles. The van der Waals surface area contributed by atoms with Crippen LogP contribution in [-0.4, -0.2) is 24.5 Å². The topological polar surface area (TPSA) is 82.4 Å². The van der Waals surface area contributed by atoms with E-state index in [4.69, 9.17) is 5.50 Å². The zero-order chi connectivity index (χ0) is 10.3. The third-order valence-electron chi connectivity index (χ3n) is 1.30. The molecule has 0 bridgehead atoms. The van der Waals surface area contributed by atoms with Gasteiger partial charge < -0.3 is 0 Å². The average molecular weight is 209 g/mol. The van der Waals surface area contributed by atoms with Crippen LogP contribution in [-0.2, 0) is 4.57 Å². The highest BCUT2D eigenvalue weighted by molar-refractivity contribution is 7.56. The first kappa shape index (κ1) is 13.0. The summed E-state index contributed by atoms with van der Waals surface area (Å²) in [7, 11) is -2.97. The lowest BCUT2D eigenvalue weighted by Gasteiger charge is -2.28. The van der Waals surface area contributed by atoms with Gasteiger partial charge in [0, 0.05) is 19.6 Å². The Morgan fingerprint density at radius 2 is 1.62 bits per heavy atom. The van der Waals surface area contributed by atoms with Gasteiger partial charge in [-0.05, 0) is 0 Å². The third kappa shape index (κ3) is 4.71. The SMILES string of the molecule is CCNN(NCC)P(N)(=O)NCC. The summed E-state index contributed by atoms with van der Waals surface area (Å²) < 4.78 is 11.8. The molecule has 0 aliphatic heterocycles. The average Bonchev–Trinajstić information content (AvgIpc) is 2.04. The van der Waals surface area contributed by atoms with Crippen LogP contribution in [0.2, 0.25) is 0 Å². The molecule has 0 rings (SSSR count). The summed E-state index contributed by atoms with van der Waals surface area (Å²) in [4.78, 5) is 1.36. The smallest absolute Gasteiger partial charge is 0.268 e. The summed E-state index contributed by atoms with van der Waals surface area (Å²) in [6, 6.07) is 0. The first-order valence-corrected chi connectivity index (χ1v) is 6.22. The molecule has 0 heterocycles. The molecule has 0 aromatic rings. The molecule has 7 heteroatoms. The summed E-state index contributed by atoms with van der Waals surface area (Å²) in [5.74, 6) is 0. The second-order valence-corrected chi connectivity index (χ2v) is 4.43. The van der Waals surface area contributed by atoms with Crippen molar-refractivity contribution >= 4 is 7.59 Å². The minimum atomic E-state index is -2.97. The lowest BCUT2D eigenvalue weighted by atomic mass is 10.8. The molecule has 1 atom stereocenters. The number of nitrogens with two attached hydrogens (primary N) is 1. The first-order chi connectivity index (χ1) is 6.08. The zero-order valence-corrected chi connectivity index (χ0v) is 9.40. The van der Waals surface area contributed by atoms with Crippen molar-refractivity contribution in [2.75, 3.05) is 19.6 Å². The van der Waals surface area contributed by atoms with Crippen molar-refractivity contribution < 1.29 is 4.57 Å². The molecule has 0 aromatic heterocycles. The molecule has 0 radical (unpaired) electrons. The normalized spacial score (nSPS) is 16.1. The van der Waals surface area contributed by atoms with Crippen molar-refractivity contribution in [2.24, 2.45) is 5.50 Å². The van der Waals surface area contributed by atoms with E-state index in [1.807, 2.05) is 20.8 Å². The van der Waals surface area contributed by atoms with Gasteiger partial charge in [-0.2, -0.15) is 0 Å². The van der Waals surface area contributed by atoms with Gasteiger partial charge in [0.25, 0.3) is 0 Å². The van der Waals surface area contributed by atoms with Crippen LogP contribution in [0.15, 0.2) is 0 Å². The molecule has 0 fully saturated rings. The maximum atomic E-state index is 11.8. The number of hydrogen-bond donors (Lipinski definition) is 4. The Morgan fingerprint density at radius 1 is 1.15 bits per heavy atom. The van der Waals surface area contributed by atoms with Crippen molar-refractivity contribution in [3.05, 3.63) is 0 Å². The fraction of sp³-hybridized carbons (Fsp3) is 1.00. The highest BCUT2D eigenvalue weighted by Gasteiger charge is 2.23. The predicted octanol–water partition coefficient (Wildman–Crippen LogP) is 0.0137. The third-order valence-corrected chi connectivity index (χ3v) is 2.94. The number of hydrazine groups is 2. The quantitative estimate of drug-likeness (QED) is 0.349. The number of nitrogens with zero attached hydrogens (tertiary/aromatic N) is 1. The summed E-state index contributed by atoms with van der Waals surface area (Å²) >= 11 is 0. The van der Waals surface area contributed by atoms with Crippen LogP contribution in [0.1, 0.15) is 20.8 Å². The molecule has 5 N–H and O–H groups in total. The van der Waals surface area contributed by atoms with E-state index < -0.39 is 7.59 Å². The van der Waals surface area contributed by atoms with E-state index in [9.17, 15) is 4.57 Å². The molecule has 0 aliphatic rings. The van der Waals surface area contributed by atoms with Gasteiger partial charge in [-0.1, -0.05) is 25.7 Å². The fourth-order valence-electron chi connectivity index (χ4n) is 0.863. The monoisotopic (exact) mass is 209 g/mol. The van der Waals surface area contributed by atoms with Crippen molar-refractivity contribution in [3.8, 4) is 0 Å². The molecule has 13 heavy (non-hydrogen) atoms. The number of rotatable bonds is 7. The van der Waals surface area contributed by atoms with E-state index in [0.29, 0.717) is 19.6 Å². The van der Waals surface area contributed by atoms with Crippen LogP contribution < -0.4 is 21.4 Å². The van der Waals surface area contributed by atoms with Crippen LogP contribution in [0, 0.1) is 0 Å². The van der Waals surface area contributed by atoms with Gasteiger partial charge in [-0.15, -0.1) is 0 Å². The fourth-order valence-corrected chi connectivity index (χ4v) is 2.16. The second-order valence-electron chi connectivity index (χ2n) is 2.47. The van der Waals surface area contributed by atoms with Gasteiger partial charge in [0.1, 0.15) is 0 Å². The molecular weight excluding hydrogens is 189 g/mol. The molecule has 0 saturated heterocycles. The Morgan fingerprint density at radius 3 is 1.92 bits per heavy atom. The van der Waals surface area contributed by atoms with Crippen LogP contribution >= 0.6 is 7.59 Å². The van der Waals surface area contributed by atoms with Crippen molar-refractivity contribution in [1.29, 1.82) is 0 Å². The van der Waals surface area contributed by atoms with Crippen molar-refractivity contribution in [3.63, 3.8) is 0 Å². The van der Waals surface area contributed by atoms with Gasteiger partial charge >= 0.3 is 7.59 Å². The summed E-state index contributed by atoms with van der Waals surface area (Å²) in [5, 5.41) is 2.73. The van der Waals surface area contributed by atoms with Gasteiger partial charge in [0.15, 0.2) is 0 Å². The molecule has 1 unspecified atom stereocenters. The van der Waals surface area contributed by atoms with Gasteiger partial charge in [-0.3, -0.25) is 10.1 Å². The van der Waals surface area contributed by atoms with Crippen molar-refractivity contribution in [1.82, 2.24) is 20.8 Å². The molecule has 0 saturated carbocycles. The number of nitrogens with one attached hydrogen (secondary N) is 3. The zero-order valence-electron chi connectivity index (χ0n) is 8.50. The van der Waals surface area contributed by atoms with E-state index in [-0.39, 0.29) is 0 Å². The molecule has 0 aromatic carbocycles. The Hall–Kier alpha value is 0.0300. The first-order valence-electron chi connectivity index (χ1n) is 4.49. The summed E-state index contributed by atoms with van der Waals surface area (Å²) in [6.45, 7) is 7.59. The Labute approximate surface area is 79.7 Å². The molecule has 0 spiro atoms. The van der Waals surface area contributed by atoms with E-state index >= 15 is 0 Å². The summed E-state index contributed by atoms with van der Waals surface area (Å²) in [6.07, 6.45) is 0. The summed E-state index contributed by atoms with van der Waals surface area (Å²) in [5.41, 5.74) is 11.3. The van der Waals surface area contributed by atoms with Crippen LogP contribution in [0.25, 0.3) is 0 Å². The highest BCUT2D eigenvalue weighted by atomic mass is 31.2. The Balaban J connectivity index is 4.23. The standard InChI is InChI=1S/C6H20N5OP/c1-4-8-11(9-5-2)13(7,12)10-6-3/h8-9H,4-6H2,1-3H3,(H3,7,10,12). The molecule has 6 nitrogen and oxygen atoms in total. The van der Waals surface area contributed by atoms with E-state index in [2.05, 4.69) is 15.9 Å². The van der Waals surface area contributed by atoms with E-state index in [0.717, 1.165) is 0 Å². The molecular formula is C6H20N5OP. The molecule has 80 valence electrons. The van der Waals surface area contributed by atoms with E-state index in [1.165, 1.54) is 4.89 Å². The van der Waals surface area contributed by atoms with Crippen LogP contribution in [0.4, 0.5) is 0 Å². The minimum Gasteiger partial charge on any atom is -0.268 e. The lowest BCUT2D eigenvalue weighted by Crippen LogP contribution is -2.50. The Kier molecular flexibility index (Phi) is 6.49. The van der Waals surface area contributed by atoms with Gasteiger partial charge in [-0.25, -0.2) is 15.9 Å². The predicted molar refractivity (Wildman–Crippen MR) is 54.7 cm³/mol.